The van der Waals surface area contributed by atoms with E-state index >= 15 is 0 Å². The maximum atomic E-state index is 13.0. The summed E-state index contributed by atoms with van der Waals surface area (Å²) in [6.07, 6.45) is 0.452. The lowest BCUT2D eigenvalue weighted by Crippen LogP contribution is -2.44. The molecule has 0 bridgehead atoms. The van der Waals surface area contributed by atoms with Crippen LogP contribution in [0, 0.1) is 13.8 Å². The summed E-state index contributed by atoms with van der Waals surface area (Å²) in [7, 11) is -3.10. The summed E-state index contributed by atoms with van der Waals surface area (Å²) in [5.41, 5.74) is 3.44. The molecule has 0 aromatic heterocycles. The molecule has 1 fully saturated rings. The Balaban J connectivity index is 1.82. The highest BCUT2D eigenvalue weighted by molar-refractivity contribution is 7.91. The van der Waals surface area contributed by atoms with E-state index in [1.165, 1.54) is 0 Å². The highest BCUT2D eigenvalue weighted by Crippen LogP contribution is 2.28. The zero-order chi connectivity index (χ0) is 19.6. The Kier molecular flexibility index (Phi) is 5.77. The second kappa shape index (κ2) is 7.90. The van der Waals surface area contributed by atoms with Crippen LogP contribution >= 0.6 is 11.6 Å². The van der Waals surface area contributed by atoms with Crippen molar-refractivity contribution in [1.29, 1.82) is 0 Å². The van der Waals surface area contributed by atoms with Crippen molar-refractivity contribution >= 4 is 38.7 Å². The van der Waals surface area contributed by atoms with Gasteiger partial charge in [0.15, 0.2) is 9.84 Å². The Morgan fingerprint density at radius 2 is 1.93 bits per heavy atom. The van der Waals surface area contributed by atoms with E-state index in [-0.39, 0.29) is 30.0 Å². The lowest BCUT2D eigenvalue weighted by atomic mass is 10.1. The number of nitrogens with one attached hydrogen (secondary N) is 1. The highest BCUT2D eigenvalue weighted by Gasteiger charge is 2.35. The van der Waals surface area contributed by atoms with Gasteiger partial charge in [0.1, 0.15) is 0 Å². The fourth-order valence-electron chi connectivity index (χ4n) is 3.51. The van der Waals surface area contributed by atoms with Crippen molar-refractivity contribution in [1.82, 2.24) is 0 Å². The molecule has 1 aliphatic heterocycles. The van der Waals surface area contributed by atoms with E-state index in [4.69, 9.17) is 11.6 Å². The molecule has 27 heavy (non-hydrogen) atoms. The third-order valence-corrected chi connectivity index (χ3v) is 6.77. The van der Waals surface area contributed by atoms with Gasteiger partial charge in [-0.1, -0.05) is 35.9 Å². The number of aryl methyl sites for hydroxylation is 2. The van der Waals surface area contributed by atoms with E-state index in [9.17, 15) is 13.2 Å². The number of rotatable bonds is 5. The van der Waals surface area contributed by atoms with E-state index < -0.39 is 9.84 Å². The van der Waals surface area contributed by atoms with Crippen molar-refractivity contribution in [2.75, 3.05) is 28.3 Å². The molecule has 2 aromatic rings. The number of halogens is 1. The van der Waals surface area contributed by atoms with E-state index in [0.29, 0.717) is 17.1 Å². The van der Waals surface area contributed by atoms with Crippen LogP contribution in [0.5, 0.6) is 0 Å². The Labute approximate surface area is 165 Å². The number of hydrogen-bond donors (Lipinski definition) is 1. The van der Waals surface area contributed by atoms with E-state index in [2.05, 4.69) is 5.32 Å². The third-order valence-electron chi connectivity index (χ3n) is 4.72. The zero-order valence-electron chi connectivity index (χ0n) is 15.4. The summed E-state index contributed by atoms with van der Waals surface area (Å²) in [6, 6.07) is 12.7. The Hall–Kier alpha value is -2.05. The van der Waals surface area contributed by atoms with E-state index in [1.54, 1.807) is 4.90 Å². The van der Waals surface area contributed by atoms with Crippen LogP contribution in [0.3, 0.4) is 0 Å². The third kappa shape index (κ3) is 4.62. The summed E-state index contributed by atoms with van der Waals surface area (Å²) < 4.78 is 23.9. The monoisotopic (exact) mass is 406 g/mol. The number of anilines is 2. The molecule has 5 nitrogen and oxygen atoms in total. The quantitative estimate of drug-likeness (QED) is 0.823. The number of sulfone groups is 1. The molecule has 0 aliphatic carbocycles. The minimum Gasteiger partial charge on any atom is -0.375 e. The van der Waals surface area contributed by atoms with Gasteiger partial charge < -0.3 is 10.2 Å². The fourth-order valence-corrected chi connectivity index (χ4v) is 5.60. The first kappa shape index (κ1) is 19.7. The molecule has 1 atom stereocenters. The fraction of sp³-hybridized carbons (Fsp3) is 0.350. The largest absolute Gasteiger partial charge is 0.375 e. The number of nitrogens with zero attached hydrogens (tertiary/aromatic N) is 1. The standard InChI is InChI=1S/C20H23ClN2O3S/c1-14-10-15(2)20(18(21)11-14)22-12-19(24)23(16-6-4-3-5-7-16)17-8-9-27(25,26)13-17/h3-7,10-11,17,22H,8-9,12-13H2,1-2H3/t17-/m0/s1. The summed E-state index contributed by atoms with van der Waals surface area (Å²) in [4.78, 5) is 14.6. The lowest BCUT2D eigenvalue weighted by molar-refractivity contribution is -0.117. The van der Waals surface area contributed by atoms with Crippen LogP contribution in [-0.2, 0) is 14.6 Å². The van der Waals surface area contributed by atoms with Gasteiger partial charge in [0.25, 0.3) is 0 Å². The minimum atomic E-state index is -3.10. The first-order valence-corrected chi connectivity index (χ1v) is 11.0. The van der Waals surface area contributed by atoms with Gasteiger partial charge in [0, 0.05) is 5.69 Å². The minimum absolute atomic E-state index is 0.00203. The van der Waals surface area contributed by atoms with E-state index in [1.807, 2.05) is 56.3 Å². The van der Waals surface area contributed by atoms with Crippen LogP contribution in [-0.4, -0.2) is 38.4 Å². The SMILES string of the molecule is Cc1cc(C)c(NCC(=O)N(c2ccccc2)[C@H]2CCS(=O)(=O)C2)c(Cl)c1. The van der Waals surface area contributed by atoms with Gasteiger partial charge in [-0.3, -0.25) is 4.79 Å². The maximum absolute atomic E-state index is 13.0. The van der Waals surface area contributed by atoms with Crippen molar-refractivity contribution < 1.29 is 13.2 Å². The lowest BCUT2D eigenvalue weighted by Gasteiger charge is -2.29. The van der Waals surface area contributed by atoms with E-state index in [0.717, 1.165) is 16.8 Å². The number of hydrogen-bond acceptors (Lipinski definition) is 4. The summed E-state index contributed by atoms with van der Waals surface area (Å²) >= 11 is 6.31. The molecular formula is C20H23ClN2O3S. The normalized spacial score (nSPS) is 18.3. The summed E-state index contributed by atoms with van der Waals surface area (Å²) in [5.74, 6) is -0.0675. The van der Waals surface area contributed by atoms with Crippen molar-refractivity contribution in [2.24, 2.45) is 0 Å². The molecule has 0 unspecified atom stereocenters. The van der Waals surface area contributed by atoms with Crippen LogP contribution in [0.2, 0.25) is 5.02 Å². The van der Waals surface area contributed by atoms with Crippen molar-refractivity contribution in [3.63, 3.8) is 0 Å². The molecule has 1 aliphatic rings. The van der Waals surface area contributed by atoms with Crippen LogP contribution in [0.15, 0.2) is 42.5 Å². The number of amides is 1. The first-order chi connectivity index (χ1) is 12.8. The molecule has 1 heterocycles. The van der Waals surface area contributed by atoms with Gasteiger partial charge in [0.2, 0.25) is 5.91 Å². The molecule has 3 rings (SSSR count). The van der Waals surface area contributed by atoms with Crippen molar-refractivity contribution in [2.45, 2.75) is 26.3 Å². The van der Waals surface area contributed by atoms with Gasteiger partial charge >= 0.3 is 0 Å². The van der Waals surface area contributed by atoms with Crippen LogP contribution in [0.4, 0.5) is 11.4 Å². The molecular weight excluding hydrogens is 384 g/mol. The van der Waals surface area contributed by atoms with Gasteiger partial charge in [-0.25, -0.2) is 8.42 Å². The Bertz CT molecular complexity index is 922. The molecule has 7 heteroatoms. The summed E-state index contributed by atoms with van der Waals surface area (Å²) in [5, 5.41) is 3.69. The number of carbonyl (C=O) groups excluding carboxylic acids is 1. The average molecular weight is 407 g/mol. The van der Waals surface area contributed by atoms with Gasteiger partial charge in [-0.05, 0) is 49.6 Å². The Morgan fingerprint density at radius 1 is 1.22 bits per heavy atom. The molecule has 1 N–H and O–H groups in total. The molecule has 0 radical (unpaired) electrons. The van der Waals surface area contributed by atoms with Gasteiger partial charge in [0.05, 0.1) is 34.8 Å². The number of benzene rings is 2. The first-order valence-electron chi connectivity index (χ1n) is 8.85. The molecule has 144 valence electrons. The topological polar surface area (TPSA) is 66.5 Å². The van der Waals surface area contributed by atoms with Crippen molar-refractivity contribution in [3.05, 3.63) is 58.6 Å². The van der Waals surface area contributed by atoms with Gasteiger partial charge in [-0.15, -0.1) is 0 Å². The van der Waals surface area contributed by atoms with Crippen molar-refractivity contribution in [3.8, 4) is 0 Å². The predicted molar refractivity (Wildman–Crippen MR) is 110 cm³/mol. The predicted octanol–water partition coefficient (Wildman–Crippen LogP) is 3.59. The molecule has 0 spiro atoms. The maximum Gasteiger partial charge on any atom is 0.246 e. The average Bonchev–Trinajstić information content (AvgIpc) is 2.94. The molecule has 0 saturated carbocycles. The Morgan fingerprint density at radius 3 is 2.52 bits per heavy atom. The second-order valence-electron chi connectivity index (χ2n) is 6.95. The van der Waals surface area contributed by atoms with Crippen LogP contribution < -0.4 is 10.2 Å². The summed E-state index contributed by atoms with van der Waals surface area (Å²) in [6.45, 7) is 3.94. The van der Waals surface area contributed by atoms with Gasteiger partial charge in [-0.2, -0.15) is 0 Å². The smallest absolute Gasteiger partial charge is 0.246 e. The molecule has 1 amide bonds. The zero-order valence-corrected chi connectivity index (χ0v) is 17.0. The number of carbonyl (C=O) groups is 1. The molecule has 1 saturated heterocycles. The number of para-hydroxylation sites is 1. The highest BCUT2D eigenvalue weighted by atomic mass is 35.5. The van der Waals surface area contributed by atoms with Crippen LogP contribution in [0.25, 0.3) is 0 Å². The van der Waals surface area contributed by atoms with Crippen LogP contribution in [0.1, 0.15) is 17.5 Å². The second-order valence-corrected chi connectivity index (χ2v) is 9.58. The molecule has 2 aromatic carbocycles.